The zero-order valence-electron chi connectivity index (χ0n) is 16.3. The van der Waals surface area contributed by atoms with Crippen molar-refractivity contribution in [2.75, 3.05) is 26.7 Å². The van der Waals surface area contributed by atoms with E-state index in [1.54, 1.807) is 7.05 Å². The molecule has 1 aliphatic heterocycles. The quantitative estimate of drug-likeness (QED) is 0.567. The van der Waals surface area contributed by atoms with E-state index in [-0.39, 0.29) is 37.9 Å². The number of aryl methyl sites for hydroxylation is 1. The molecule has 158 valence electrons. The maximum absolute atomic E-state index is 12.6. The van der Waals surface area contributed by atoms with Crippen LogP contribution in [-0.4, -0.2) is 56.9 Å². The van der Waals surface area contributed by atoms with E-state index < -0.39 is 15.5 Å². The Labute approximate surface area is 164 Å². The van der Waals surface area contributed by atoms with E-state index in [9.17, 15) is 21.6 Å². The normalized spacial score (nSPS) is 18.7. The van der Waals surface area contributed by atoms with Crippen LogP contribution in [0.1, 0.15) is 36.8 Å². The van der Waals surface area contributed by atoms with E-state index in [1.165, 1.54) is 11.1 Å². The average Bonchev–Trinajstić information content (AvgIpc) is 2.65. The molecule has 1 aliphatic rings. The number of nitrogens with zero attached hydrogens (tertiary/aromatic N) is 2. The van der Waals surface area contributed by atoms with Gasteiger partial charge in [0.2, 0.25) is 0 Å². The maximum Gasteiger partial charge on any atom is 0.511 e. The minimum absolute atomic E-state index is 0.138. The van der Waals surface area contributed by atoms with Gasteiger partial charge in [-0.05, 0) is 31.2 Å². The van der Waals surface area contributed by atoms with E-state index in [0.717, 1.165) is 0 Å². The van der Waals surface area contributed by atoms with Gasteiger partial charge >= 0.3 is 15.5 Å². The van der Waals surface area contributed by atoms with Gasteiger partial charge in [0.1, 0.15) is 0 Å². The fraction of sp³-hybridized carbons (Fsp3) is 0.611. The van der Waals surface area contributed by atoms with Gasteiger partial charge in [0.05, 0.1) is 0 Å². The summed E-state index contributed by atoms with van der Waals surface area (Å²) in [5.74, 6) is 0.800. The van der Waals surface area contributed by atoms with Crippen LogP contribution in [0.25, 0.3) is 0 Å². The standard InChI is InChI=1S/C18H27F3N4O2S/c1-13-4-6-15(7-5-13)14(2)12-23-17(22-3)24-16-8-10-25(11-9-16)28(26,27)18(19,20)21/h4-7,14,16H,8-12H2,1-3H3,(H2,22,23,24). The highest BCUT2D eigenvalue weighted by atomic mass is 32.2. The van der Waals surface area contributed by atoms with Crippen LogP contribution >= 0.6 is 0 Å². The molecule has 0 radical (unpaired) electrons. The summed E-state index contributed by atoms with van der Waals surface area (Å²) in [4.78, 5) is 4.15. The van der Waals surface area contributed by atoms with Gasteiger partial charge in [-0.3, -0.25) is 4.99 Å². The van der Waals surface area contributed by atoms with Crippen LogP contribution in [0.4, 0.5) is 13.2 Å². The molecule has 1 aromatic carbocycles. The topological polar surface area (TPSA) is 73.8 Å². The predicted octanol–water partition coefficient (Wildman–Crippen LogP) is 2.58. The number of hydrogen-bond donors (Lipinski definition) is 2. The van der Waals surface area contributed by atoms with Crippen molar-refractivity contribution in [2.45, 2.75) is 44.2 Å². The minimum Gasteiger partial charge on any atom is -0.356 e. The Hall–Kier alpha value is -1.81. The van der Waals surface area contributed by atoms with Crippen molar-refractivity contribution in [3.63, 3.8) is 0 Å². The molecule has 1 aromatic rings. The number of hydrogen-bond acceptors (Lipinski definition) is 3. The summed E-state index contributed by atoms with van der Waals surface area (Å²) >= 11 is 0. The van der Waals surface area contributed by atoms with Crippen molar-refractivity contribution >= 4 is 16.0 Å². The highest BCUT2D eigenvalue weighted by molar-refractivity contribution is 7.90. The van der Waals surface area contributed by atoms with Crippen LogP contribution in [0.5, 0.6) is 0 Å². The fourth-order valence-electron chi connectivity index (χ4n) is 3.04. The van der Waals surface area contributed by atoms with E-state index >= 15 is 0 Å². The number of benzene rings is 1. The number of guanidine groups is 1. The van der Waals surface area contributed by atoms with Gasteiger partial charge in [-0.25, -0.2) is 8.42 Å². The highest BCUT2D eigenvalue weighted by Crippen LogP contribution is 2.28. The molecule has 0 spiro atoms. The Morgan fingerprint density at radius 1 is 1.25 bits per heavy atom. The van der Waals surface area contributed by atoms with Crippen LogP contribution in [-0.2, 0) is 10.0 Å². The van der Waals surface area contributed by atoms with Crippen molar-refractivity contribution in [1.29, 1.82) is 0 Å². The van der Waals surface area contributed by atoms with Crippen LogP contribution in [0.2, 0.25) is 0 Å². The van der Waals surface area contributed by atoms with Crippen molar-refractivity contribution < 1.29 is 21.6 Å². The molecular formula is C18H27F3N4O2S. The van der Waals surface area contributed by atoms with Gasteiger partial charge < -0.3 is 10.6 Å². The molecule has 0 amide bonds. The predicted molar refractivity (Wildman–Crippen MR) is 104 cm³/mol. The lowest BCUT2D eigenvalue weighted by Gasteiger charge is -2.32. The number of aliphatic imine (C=N–C) groups is 1. The molecule has 6 nitrogen and oxygen atoms in total. The second kappa shape index (κ2) is 9.13. The van der Waals surface area contributed by atoms with E-state index in [1.807, 2.05) is 6.92 Å². The first kappa shape index (κ1) is 22.5. The number of nitrogens with one attached hydrogen (secondary N) is 2. The van der Waals surface area contributed by atoms with Gasteiger partial charge in [-0.2, -0.15) is 17.5 Å². The number of piperidine rings is 1. The molecule has 2 N–H and O–H groups in total. The van der Waals surface area contributed by atoms with Gasteiger partial charge in [0, 0.05) is 32.7 Å². The molecule has 2 rings (SSSR count). The Balaban J connectivity index is 1.83. The average molecular weight is 421 g/mol. The SMILES string of the molecule is CN=C(NCC(C)c1ccc(C)cc1)NC1CCN(S(=O)(=O)C(F)(F)F)CC1. The van der Waals surface area contributed by atoms with E-state index in [4.69, 9.17) is 0 Å². The number of halogens is 3. The second-order valence-electron chi connectivity index (χ2n) is 7.03. The Bertz CT molecular complexity index is 771. The Morgan fingerprint density at radius 3 is 2.32 bits per heavy atom. The maximum atomic E-state index is 12.6. The lowest BCUT2D eigenvalue weighted by atomic mass is 10.0. The van der Waals surface area contributed by atoms with Crippen molar-refractivity contribution in [3.8, 4) is 0 Å². The molecule has 10 heteroatoms. The molecular weight excluding hydrogens is 393 g/mol. The monoisotopic (exact) mass is 420 g/mol. The molecule has 1 heterocycles. The molecule has 1 unspecified atom stereocenters. The highest BCUT2D eigenvalue weighted by Gasteiger charge is 2.50. The van der Waals surface area contributed by atoms with Gasteiger partial charge in [0.25, 0.3) is 0 Å². The summed E-state index contributed by atoms with van der Waals surface area (Å²) in [6.07, 6.45) is 0.563. The van der Waals surface area contributed by atoms with Crippen LogP contribution < -0.4 is 10.6 Å². The Morgan fingerprint density at radius 2 is 1.82 bits per heavy atom. The third kappa shape index (κ3) is 5.60. The first-order valence-electron chi connectivity index (χ1n) is 9.14. The van der Waals surface area contributed by atoms with Gasteiger partial charge in [-0.1, -0.05) is 36.8 Å². The van der Waals surface area contributed by atoms with Crippen LogP contribution in [0, 0.1) is 6.92 Å². The molecule has 0 aromatic heterocycles. The molecule has 28 heavy (non-hydrogen) atoms. The summed E-state index contributed by atoms with van der Waals surface area (Å²) < 4.78 is 61.4. The molecule has 1 fully saturated rings. The molecule has 1 saturated heterocycles. The van der Waals surface area contributed by atoms with Crippen molar-refractivity contribution in [1.82, 2.24) is 14.9 Å². The minimum atomic E-state index is -5.25. The lowest BCUT2D eigenvalue weighted by Crippen LogP contribution is -2.52. The second-order valence-corrected chi connectivity index (χ2v) is 8.96. The third-order valence-corrected chi connectivity index (χ3v) is 6.50. The fourth-order valence-corrected chi connectivity index (χ4v) is 4.02. The van der Waals surface area contributed by atoms with Gasteiger partial charge in [0.15, 0.2) is 5.96 Å². The number of alkyl halides is 3. The summed E-state index contributed by atoms with van der Waals surface area (Å²) in [6, 6.07) is 8.13. The third-order valence-electron chi connectivity index (χ3n) is 4.87. The van der Waals surface area contributed by atoms with E-state index in [0.29, 0.717) is 16.8 Å². The summed E-state index contributed by atoms with van der Waals surface area (Å²) in [7, 11) is -3.63. The van der Waals surface area contributed by atoms with Crippen LogP contribution in [0.15, 0.2) is 29.3 Å². The van der Waals surface area contributed by atoms with Crippen molar-refractivity contribution in [3.05, 3.63) is 35.4 Å². The smallest absolute Gasteiger partial charge is 0.356 e. The molecule has 1 atom stereocenters. The van der Waals surface area contributed by atoms with Crippen LogP contribution in [0.3, 0.4) is 0 Å². The summed E-state index contributed by atoms with van der Waals surface area (Å²) in [5.41, 5.74) is -2.86. The van der Waals surface area contributed by atoms with Crippen molar-refractivity contribution in [2.24, 2.45) is 4.99 Å². The zero-order chi connectivity index (χ0) is 20.9. The number of sulfonamides is 1. The molecule has 0 bridgehead atoms. The molecule has 0 saturated carbocycles. The first-order valence-corrected chi connectivity index (χ1v) is 10.6. The molecule has 0 aliphatic carbocycles. The summed E-state index contributed by atoms with van der Waals surface area (Å²) in [5, 5.41) is 6.39. The Kier molecular flexibility index (Phi) is 7.33. The van der Waals surface area contributed by atoms with Gasteiger partial charge in [-0.15, -0.1) is 0 Å². The van der Waals surface area contributed by atoms with E-state index in [2.05, 4.69) is 46.8 Å². The largest absolute Gasteiger partial charge is 0.511 e. The zero-order valence-corrected chi connectivity index (χ0v) is 17.1. The lowest BCUT2D eigenvalue weighted by molar-refractivity contribution is -0.0494. The summed E-state index contributed by atoms with van der Waals surface area (Å²) in [6.45, 7) is 4.42. The first-order chi connectivity index (χ1) is 13.0. The number of rotatable bonds is 5.